The van der Waals surface area contributed by atoms with Gasteiger partial charge in [-0.05, 0) is 27.7 Å². The molecule has 0 aliphatic carbocycles. The Morgan fingerprint density at radius 1 is 1.20 bits per heavy atom. The Morgan fingerprint density at radius 3 is 2.40 bits per heavy atom. The molecule has 0 saturated heterocycles. The number of sulfonamides is 1. The number of aromatic nitrogens is 2. The topological polar surface area (TPSA) is 85.1 Å². The summed E-state index contributed by atoms with van der Waals surface area (Å²) in [4.78, 5) is 5.67. The van der Waals surface area contributed by atoms with Gasteiger partial charge in [-0.2, -0.15) is 0 Å². The zero-order chi connectivity index (χ0) is 14.9. The van der Waals surface area contributed by atoms with E-state index in [1.807, 2.05) is 13.8 Å². The van der Waals surface area contributed by atoms with Crippen LogP contribution in [0.5, 0.6) is 0 Å². The molecule has 20 heavy (non-hydrogen) atoms. The molecule has 2 aromatic heterocycles. The third-order valence-electron chi connectivity index (χ3n) is 2.94. The van der Waals surface area contributed by atoms with E-state index in [4.69, 9.17) is 4.52 Å². The normalized spacial score (nSPS) is 12.0. The molecule has 0 aromatic carbocycles. The second-order valence-electron chi connectivity index (χ2n) is 4.55. The SMILES string of the molecule is Cc1nc(CCNS(=O)(=O)c2c(C)noc2C)sc1C. The summed E-state index contributed by atoms with van der Waals surface area (Å²) in [5, 5.41) is 4.59. The van der Waals surface area contributed by atoms with Crippen LogP contribution in [0.25, 0.3) is 0 Å². The number of aryl methyl sites for hydroxylation is 4. The van der Waals surface area contributed by atoms with Crippen molar-refractivity contribution in [3.8, 4) is 0 Å². The van der Waals surface area contributed by atoms with Gasteiger partial charge in [0.15, 0.2) is 5.76 Å². The van der Waals surface area contributed by atoms with E-state index in [-0.39, 0.29) is 4.90 Å². The number of hydrogen-bond acceptors (Lipinski definition) is 6. The molecule has 1 N–H and O–H groups in total. The highest BCUT2D eigenvalue weighted by molar-refractivity contribution is 7.89. The molecule has 0 amide bonds. The highest BCUT2D eigenvalue weighted by Crippen LogP contribution is 2.19. The van der Waals surface area contributed by atoms with Crippen molar-refractivity contribution in [2.24, 2.45) is 0 Å². The molecule has 0 aliphatic rings. The maximum Gasteiger partial charge on any atom is 0.245 e. The molecule has 2 aromatic rings. The summed E-state index contributed by atoms with van der Waals surface area (Å²) in [5.74, 6) is 0.302. The molecule has 0 fully saturated rings. The van der Waals surface area contributed by atoms with Crippen LogP contribution >= 0.6 is 11.3 Å². The Morgan fingerprint density at radius 2 is 1.90 bits per heavy atom. The van der Waals surface area contributed by atoms with Gasteiger partial charge < -0.3 is 4.52 Å². The Labute approximate surface area is 122 Å². The minimum Gasteiger partial charge on any atom is -0.360 e. The van der Waals surface area contributed by atoms with Crippen molar-refractivity contribution in [2.75, 3.05) is 6.54 Å². The molecule has 0 spiro atoms. The lowest BCUT2D eigenvalue weighted by Gasteiger charge is -2.04. The molecular formula is C12H17N3O3S2. The van der Waals surface area contributed by atoms with Gasteiger partial charge in [-0.1, -0.05) is 5.16 Å². The highest BCUT2D eigenvalue weighted by atomic mass is 32.2. The van der Waals surface area contributed by atoms with Gasteiger partial charge in [-0.3, -0.25) is 0 Å². The first-order valence-corrected chi connectivity index (χ1v) is 8.46. The van der Waals surface area contributed by atoms with Gasteiger partial charge >= 0.3 is 0 Å². The smallest absolute Gasteiger partial charge is 0.245 e. The summed E-state index contributed by atoms with van der Waals surface area (Å²) in [6, 6.07) is 0. The molecule has 6 nitrogen and oxygen atoms in total. The number of nitrogens with one attached hydrogen (secondary N) is 1. The van der Waals surface area contributed by atoms with Crippen LogP contribution in [0, 0.1) is 27.7 Å². The van der Waals surface area contributed by atoms with Crippen molar-refractivity contribution >= 4 is 21.4 Å². The molecule has 2 heterocycles. The fraction of sp³-hybridized carbons (Fsp3) is 0.500. The van der Waals surface area contributed by atoms with E-state index in [1.54, 1.807) is 25.2 Å². The van der Waals surface area contributed by atoms with E-state index < -0.39 is 10.0 Å². The summed E-state index contributed by atoms with van der Waals surface area (Å²) in [5.41, 5.74) is 1.37. The lowest BCUT2D eigenvalue weighted by atomic mass is 10.4. The molecule has 0 radical (unpaired) electrons. The highest BCUT2D eigenvalue weighted by Gasteiger charge is 2.23. The van der Waals surface area contributed by atoms with Crippen LogP contribution in [0.15, 0.2) is 9.42 Å². The van der Waals surface area contributed by atoms with E-state index >= 15 is 0 Å². The standard InChI is InChI=1S/C12H17N3O3S2/c1-7-10(4)19-11(14-7)5-6-13-20(16,17)12-8(2)15-18-9(12)3/h13H,5-6H2,1-4H3. The molecule has 0 atom stereocenters. The fourth-order valence-corrected chi connectivity index (χ4v) is 4.16. The summed E-state index contributed by atoms with van der Waals surface area (Å²) in [6.07, 6.45) is 0.571. The predicted octanol–water partition coefficient (Wildman–Crippen LogP) is 1.89. The van der Waals surface area contributed by atoms with Crippen LogP contribution in [0.1, 0.15) is 27.0 Å². The average Bonchev–Trinajstić information content (AvgIpc) is 2.83. The monoisotopic (exact) mass is 315 g/mol. The van der Waals surface area contributed by atoms with E-state index in [2.05, 4.69) is 14.9 Å². The Balaban J connectivity index is 2.03. The molecular weight excluding hydrogens is 298 g/mol. The molecule has 8 heteroatoms. The maximum absolute atomic E-state index is 12.2. The van der Waals surface area contributed by atoms with Crippen molar-refractivity contribution in [1.82, 2.24) is 14.9 Å². The van der Waals surface area contributed by atoms with Crippen LogP contribution in [0.2, 0.25) is 0 Å². The van der Waals surface area contributed by atoms with Gasteiger partial charge in [0, 0.05) is 17.8 Å². The number of thiazole rings is 1. The lowest BCUT2D eigenvalue weighted by Crippen LogP contribution is -2.26. The van der Waals surface area contributed by atoms with E-state index in [0.29, 0.717) is 24.4 Å². The number of rotatable bonds is 5. The van der Waals surface area contributed by atoms with E-state index in [0.717, 1.165) is 15.6 Å². The van der Waals surface area contributed by atoms with Crippen LogP contribution in [-0.4, -0.2) is 25.1 Å². The Hall–Kier alpha value is -1.25. The number of nitrogens with zero attached hydrogens (tertiary/aromatic N) is 2. The van der Waals surface area contributed by atoms with Crippen molar-refractivity contribution in [2.45, 2.75) is 39.0 Å². The van der Waals surface area contributed by atoms with Gasteiger partial charge in [0.2, 0.25) is 10.0 Å². The lowest BCUT2D eigenvalue weighted by molar-refractivity contribution is 0.390. The minimum absolute atomic E-state index is 0.129. The first-order valence-electron chi connectivity index (χ1n) is 6.16. The van der Waals surface area contributed by atoms with Crippen LogP contribution < -0.4 is 4.72 Å². The predicted molar refractivity (Wildman–Crippen MR) is 76.5 cm³/mol. The van der Waals surface area contributed by atoms with Gasteiger partial charge in [-0.25, -0.2) is 18.1 Å². The van der Waals surface area contributed by atoms with E-state index in [1.165, 1.54) is 0 Å². The number of hydrogen-bond donors (Lipinski definition) is 1. The van der Waals surface area contributed by atoms with Crippen molar-refractivity contribution in [1.29, 1.82) is 0 Å². The Kier molecular flexibility index (Phi) is 4.26. The van der Waals surface area contributed by atoms with Crippen molar-refractivity contribution in [3.05, 3.63) is 27.0 Å². The molecule has 0 bridgehead atoms. The van der Waals surface area contributed by atoms with Gasteiger partial charge in [0.1, 0.15) is 10.6 Å². The zero-order valence-electron chi connectivity index (χ0n) is 11.8. The third kappa shape index (κ3) is 3.08. The molecule has 110 valence electrons. The average molecular weight is 315 g/mol. The summed E-state index contributed by atoms with van der Waals surface area (Å²) in [7, 11) is -3.58. The maximum atomic E-state index is 12.2. The van der Waals surface area contributed by atoms with E-state index in [9.17, 15) is 8.42 Å². The second kappa shape index (κ2) is 5.63. The summed E-state index contributed by atoms with van der Waals surface area (Å²) in [6.45, 7) is 7.45. The second-order valence-corrected chi connectivity index (χ2v) is 7.54. The molecule has 2 rings (SSSR count). The van der Waals surface area contributed by atoms with Crippen molar-refractivity contribution in [3.63, 3.8) is 0 Å². The van der Waals surface area contributed by atoms with Crippen LogP contribution in [0.3, 0.4) is 0 Å². The van der Waals surface area contributed by atoms with Gasteiger partial charge in [-0.15, -0.1) is 11.3 Å². The van der Waals surface area contributed by atoms with Crippen LogP contribution in [0.4, 0.5) is 0 Å². The molecule has 0 saturated carbocycles. The first-order chi connectivity index (χ1) is 9.31. The van der Waals surface area contributed by atoms with Gasteiger partial charge in [0.25, 0.3) is 0 Å². The van der Waals surface area contributed by atoms with Crippen LogP contribution in [-0.2, 0) is 16.4 Å². The molecule has 0 aliphatic heterocycles. The first kappa shape index (κ1) is 15.1. The Bertz CT molecular complexity index is 677. The minimum atomic E-state index is -3.58. The fourth-order valence-electron chi connectivity index (χ4n) is 1.87. The van der Waals surface area contributed by atoms with Crippen molar-refractivity contribution < 1.29 is 12.9 Å². The quantitative estimate of drug-likeness (QED) is 0.910. The largest absolute Gasteiger partial charge is 0.360 e. The summed E-state index contributed by atoms with van der Waals surface area (Å²) >= 11 is 1.59. The van der Waals surface area contributed by atoms with Gasteiger partial charge in [0.05, 0.1) is 10.7 Å². The zero-order valence-corrected chi connectivity index (χ0v) is 13.5. The molecule has 0 unspecified atom stereocenters. The third-order valence-corrected chi connectivity index (χ3v) is 5.78. The summed E-state index contributed by atoms with van der Waals surface area (Å²) < 4.78 is 31.8.